The highest BCUT2D eigenvalue weighted by Crippen LogP contribution is 2.35. The van der Waals surface area contributed by atoms with Crippen molar-refractivity contribution >= 4 is 23.2 Å². The molecule has 1 aromatic carbocycles. The maximum absolute atomic E-state index is 11.4. The van der Waals surface area contributed by atoms with E-state index in [1.54, 1.807) is 6.07 Å². The molecule has 0 saturated heterocycles. The summed E-state index contributed by atoms with van der Waals surface area (Å²) in [5.41, 5.74) is 9.75. The van der Waals surface area contributed by atoms with Gasteiger partial charge in [-0.2, -0.15) is 0 Å². The Kier molecular flexibility index (Phi) is 3.07. The number of aryl methyl sites for hydroxylation is 2. The van der Waals surface area contributed by atoms with Gasteiger partial charge >= 0.3 is 0 Å². The average molecular weight is 291 g/mol. The Balaban J connectivity index is 2.04. The fourth-order valence-corrected chi connectivity index (χ4v) is 2.91. The molecule has 104 valence electrons. The van der Waals surface area contributed by atoms with Crippen LogP contribution in [0.4, 0.5) is 5.69 Å². The lowest BCUT2D eigenvalue weighted by Gasteiger charge is -2.14. The normalized spacial score (nSPS) is 15.1. The lowest BCUT2D eigenvalue weighted by molar-refractivity contribution is -0.115. The van der Waals surface area contributed by atoms with Gasteiger partial charge in [0.05, 0.1) is 12.5 Å². The van der Waals surface area contributed by atoms with Crippen molar-refractivity contribution < 1.29 is 9.21 Å². The molecular weight excluding hydrogens is 276 g/mol. The van der Waals surface area contributed by atoms with Gasteiger partial charge < -0.3 is 15.5 Å². The highest BCUT2D eigenvalue weighted by Gasteiger charge is 2.23. The molecule has 4 nitrogen and oxygen atoms in total. The Bertz CT molecular complexity index is 706. The quantitative estimate of drug-likeness (QED) is 0.893. The van der Waals surface area contributed by atoms with Crippen LogP contribution in [0.3, 0.4) is 0 Å². The molecule has 1 unspecified atom stereocenters. The Morgan fingerprint density at radius 1 is 1.30 bits per heavy atom. The standard InChI is InChI=1S/C15H15ClN2O2/c1-7-3-10(8(2)20-7)15(17)11-4-9-5-14(19)18-13(9)6-12(11)16/h3-4,6,15H,5,17H2,1-2H3,(H,18,19). The second-order valence-electron chi connectivity index (χ2n) is 5.10. The summed E-state index contributed by atoms with van der Waals surface area (Å²) < 4.78 is 5.52. The van der Waals surface area contributed by atoms with E-state index in [1.165, 1.54) is 0 Å². The fourth-order valence-electron chi connectivity index (χ4n) is 2.63. The molecule has 2 aromatic rings. The van der Waals surface area contributed by atoms with Crippen molar-refractivity contribution in [2.24, 2.45) is 5.73 Å². The van der Waals surface area contributed by atoms with Crippen LogP contribution in [-0.2, 0) is 11.2 Å². The minimum atomic E-state index is -0.360. The minimum Gasteiger partial charge on any atom is -0.466 e. The molecule has 0 saturated carbocycles. The molecule has 0 fully saturated rings. The topological polar surface area (TPSA) is 68.3 Å². The summed E-state index contributed by atoms with van der Waals surface area (Å²) in [6.45, 7) is 3.77. The van der Waals surface area contributed by atoms with Crippen molar-refractivity contribution in [2.75, 3.05) is 5.32 Å². The third-order valence-corrected chi connectivity index (χ3v) is 3.92. The highest BCUT2D eigenvalue weighted by atomic mass is 35.5. The molecule has 0 aliphatic carbocycles. The average Bonchev–Trinajstić information content (AvgIpc) is 2.88. The van der Waals surface area contributed by atoms with Gasteiger partial charge in [0, 0.05) is 16.3 Å². The van der Waals surface area contributed by atoms with E-state index >= 15 is 0 Å². The minimum absolute atomic E-state index is 0.0166. The Labute approximate surface area is 121 Å². The number of furan rings is 1. The number of anilines is 1. The van der Waals surface area contributed by atoms with E-state index < -0.39 is 0 Å². The van der Waals surface area contributed by atoms with Gasteiger partial charge in [-0.15, -0.1) is 0 Å². The SMILES string of the molecule is Cc1cc(C(N)c2cc3c(cc2Cl)NC(=O)C3)c(C)o1. The fraction of sp³-hybridized carbons (Fsp3) is 0.267. The number of halogens is 1. The predicted molar refractivity (Wildman–Crippen MR) is 78.0 cm³/mol. The van der Waals surface area contributed by atoms with Crippen LogP contribution in [0, 0.1) is 13.8 Å². The monoisotopic (exact) mass is 290 g/mol. The van der Waals surface area contributed by atoms with Crippen LogP contribution in [0.2, 0.25) is 5.02 Å². The van der Waals surface area contributed by atoms with E-state index in [9.17, 15) is 4.79 Å². The van der Waals surface area contributed by atoms with Crippen molar-refractivity contribution in [1.82, 2.24) is 0 Å². The van der Waals surface area contributed by atoms with E-state index in [0.717, 1.165) is 33.9 Å². The number of fused-ring (bicyclic) bond motifs is 1. The molecule has 3 rings (SSSR count). The van der Waals surface area contributed by atoms with Gasteiger partial charge in [-0.1, -0.05) is 11.6 Å². The van der Waals surface area contributed by atoms with E-state index in [2.05, 4.69) is 5.32 Å². The zero-order valence-electron chi connectivity index (χ0n) is 11.3. The highest BCUT2D eigenvalue weighted by molar-refractivity contribution is 6.32. The van der Waals surface area contributed by atoms with Crippen LogP contribution in [0.5, 0.6) is 0 Å². The third kappa shape index (κ3) is 2.11. The van der Waals surface area contributed by atoms with Crippen LogP contribution < -0.4 is 11.1 Å². The zero-order chi connectivity index (χ0) is 14.4. The van der Waals surface area contributed by atoms with Crippen molar-refractivity contribution in [2.45, 2.75) is 26.3 Å². The molecule has 3 N–H and O–H groups in total. The molecular formula is C15H15ClN2O2. The summed E-state index contributed by atoms with van der Waals surface area (Å²) in [6.07, 6.45) is 0.371. The Morgan fingerprint density at radius 2 is 2.05 bits per heavy atom. The summed E-state index contributed by atoms with van der Waals surface area (Å²) in [5.74, 6) is 1.60. The molecule has 1 aliphatic heterocycles. The Morgan fingerprint density at radius 3 is 2.70 bits per heavy atom. The van der Waals surface area contributed by atoms with Gasteiger partial charge in [0.2, 0.25) is 5.91 Å². The maximum Gasteiger partial charge on any atom is 0.228 e. The number of amides is 1. The van der Waals surface area contributed by atoms with Crippen molar-refractivity contribution in [3.63, 3.8) is 0 Å². The maximum atomic E-state index is 11.4. The van der Waals surface area contributed by atoms with E-state index in [1.807, 2.05) is 26.0 Å². The van der Waals surface area contributed by atoms with Crippen LogP contribution in [0.15, 0.2) is 22.6 Å². The van der Waals surface area contributed by atoms with E-state index in [-0.39, 0.29) is 11.9 Å². The first-order valence-corrected chi connectivity index (χ1v) is 6.78. The summed E-state index contributed by atoms with van der Waals surface area (Å²) in [6, 6.07) is 5.23. The van der Waals surface area contributed by atoms with Gasteiger partial charge in [-0.25, -0.2) is 0 Å². The number of hydrogen-bond donors (Lipinski definition) is 2. The van der Waals surface area contributed by atoms with Gasteiger partial charge in [0.1, 0.15) is 11.5 Å². The van der Waals surface area contributed by atoms with Gasteiger partial charge in [-0.05, 0) is 43.2 Å². The van der Waals surface area contributed by atoms with E-state index in [4.69, 9.17) is 21.8 Å². The largest absolute Gasteiger partial charge is 0.466 e. The summed E-state index contributed by atoms with van der Waals surface area (Å²) in [7, 11) is 0. The zero-order valence-corrected chi connectivity index (χ0v) is 12.0. The summed E-state index contributed by atoms with van der Waals surface area (Å²) in [5, 5.41) is 3.33. The molecule has 0 spiro atoms. The molecule has 0 radical (unpaired) electrons. The number of hydrogen-bond acceptors (Lipinski definition) is 3. The number of carbonyl (C=O) groups is 1. The van der Waals surface area contributed by atoms with Crippen molar-refractivity contribution in [1.29, 1.82) is 0 Å². The third-order valence-electron chi connectivity index (χ3n) is 3.60. The number of nitrogens with two attached hydrogens (primary N) is 1. The summed E-state index contributed by atoms with van der Waals surface area (Å²) >= 11 is 6.30. The number of rotatable bonds is 2. The van der Waals surface area contributed by atoms with E-state index in [0.29, 0.717) is 11.4 Å². The van der Waals surface area contributed by atoms with Gasteiger partial charge in [0.25, 0.3) is 0 Å². The first kappa shape index (κ1) is 13.2. The molecule has 1 aromatic heterocycles. The predicted octanol–water partition coefficient (Wildman–Crippen LogP) is 3.09. The van der Waals surface area contributed by atoms with Crippen LogP contribution in [-0.4, -0.2) is 5.91 Å². The molecule has 0 bridgehead atoms. The first-order valence-electron chi connectivity index (χ1n) is 6.40. The van der Waals surface area contributed by atoms with Gasteiger partial charge in [0.15, 0.2) is 0 Å². The van der Waals surface area contributed by atoms with Crippen molar-refractivity contribution in [3.05, 3.63) is 51.4 Å². The number of nitrogens with one attached hydrogen (secondary N) is 1. The molecule has 1 atom stereocenters. The van der Waals surface area contributed by atoms with Crippen molar-refractivity contribution in [3.8, 4) is 0 Å². The molecule has 20 heavy (non-hydrogen) atoms. The number of benzene rings is 1. The lowest BCUT2D eigenvalue weighted by atomic mass is 9.97. The number of carbonyl (C=O) groups excluding carboxylic acids is 1. The second kappa shape index (κ2) is 4.65. The molecule has 1 amide bonds. The van der Waals surface area contributed by atoms with Gasteiger partial charge in [-0.3, -0.25) is 4.79 Å². The van der Waals surface area contributed by atoms with Crippen LogP contribution >= 0.6 is 11.6 Å². The summed E-state index contributed by atoms with van der Waals surface area (Å²) in [4.78, 5) is 11.4. The molecule has 2 heterocycles. The first-order chi connectivity index (χ1) is 9.45. The lowest BCUT2D eigenvalue weighted by Crippen LogP contribution is -2.13. The smallest absolute Gasteiger partial charge is 0.228 e. The molecule has 1 aliphatic rings. The Hall–Kier alpha value is -1.78. The second-order valence-corrected chi connectivity index (χ2v) is 5.51. The van der Waals surface area contributed by atoms with Crippen LogP contribution in [0.25, 0.3) is 0 Å². The molecule has 5 heteroatoms. The van der Waals surface area contributed by atoms with Crippen LogP contribution in [0.1, 0.15) is 34.3 Å².